The SMILES string of the molecule is CC(C)N(CC(F)(F)F)S(=O)(=O)c1ccc(CN)s1. The molecule has 1 aromatic rings. The van der Waals surface area contributed by atoms with Gasteiger partial charge in [-0.2, -0.15) is 17.5 Å². The fraction of sp³-hybridized carbons (Fsp3) is 0.600. The van der Waals surface area contributed by atoms with E-state index in [-0.39, 0.29) is 10.8 Å². The summed E-state index contributed by atoms with van der Waals surface area (Å²) in [6.07, 6.45) is -4.58. The second kappa shape index (κ2) is 5.78. The van der Waals surface area contributed by atoms with Crippen molar-refractivity contribution in [3.63, 3.8) is 0 Å². The molecular weight excluding hydrogens is 301 g/mol. The molecule has 110 valence electrons. The lowest BCUT2D eigenvalue weighted by atomic mass is 10.4. The summed E-state index contributed by atoms with van der Waals surface area (Å²) in [7, 11) is -4.15. The predicted octanol–water partition coefficient (Wildman–Crippen LogP) is 2.17. The van der Waals surface area contributed by atoms with Crippen LogP contribution < -0.4 is 5.73 Å². The molecule has 0 fully saturated rings. The van der Waals surface area contributed by atoms with Gasteiger partial charge in [0.2, 0.25) is 0 Å². The second-order valence-electron chi connectivity index (χ2n) is 4.18. The number of thiophene rings is 1. The van der Waals surface area contributed by atoms with Crippen molar-refractivity contribution in [2.45, 2.75) is 36.8 Å². The van der Waals surface area contributed by atoms with Gasteiger partial charge in [-0.05, 0) is 26.0 Å². The lowest BCUT2D eigenvalue weighted by Gasteiger charge is -2.26. The molecule has 0 saturated heterocycles. The second-order valence-corrected chi connectivity index (χ2v) is 7.47. The van der Waals surface area contributed by atoms with E-state index in [0.717, 1.165) is 11.3 Å². The van der Waals surface area contributed by atoms with Crippen LogP contribution in [0.2, 0.25) is 0 Å². The van der Waals surface area contributed by atoms with Gasteiger partial charge in [0.25, 0.3) is 10.0 Å². The fourth-order valence-electron chi connectivity index (χ4n) is 1.44. The van der Waals surface area contributed by atoms with E-state index in [1.807, 2.05) is 0 Å². The van der Waals surface area contributed by atoms with Gasteiger partial charge in [0, 0.05) is 17.5 Å². The molecule has 0 amide bonds. The van der Waals surface area contributed by atoms with E-state index in [4.69, 9.17) is 5.73 Å². The predicted molar refractivity (Wildman–Crippen MR) is 67.3 cm³/mol. The summed E-state index contributed by atoms with van der Waals surface area (Å²) in [6, 6.07) is 2.01. The summed E-state index contributed by atoms with van der Waals surface area (Å²) in [5.41, 5.74) is 5.37. The molecule has 1 rings (SSSR count). The normalized spacial score (nSPS) is 13.5. The highest BCUT2D eigenvalue weighted by atomic mass is 32.2. The molecule has 1 heterocycles. The molecule has 0 radical (unpaired) electrons. The number of sulfonamides is 1. The number of hydrogen-bond acceptors (Lipinski definition) is 4. The Balaban J connectivity index is 3.13. The van der Waals surface area contributed by atoms with E-state index in [2.05, 4.69) is 0 Å². The Kier molecular flexibility index (Phi) is 4.99. The standard InChI is InChI=1S/C10H15F3N2O2S2/c1-7(2)15(6-10(11,12)13)19(16,17)9-4-3-8(5-14)18-9/h3-4,7H,5-6,14H2,1-2H3. The zero-order valence-corrected chi connectivity index (χ0v) is 12.1. The van der Waals surface area contributed by atoms with Crippen molar-refractivity contribution in [3.8, 4) is 0 Å². The van der Waals surface area contributed by atoms with Crippen molar-refractivity contribution in [2.24, 2.45) is 5.73 Å². The average Bonchev–Trinajstić information content (AvgIpc) is 2.73. The van der Waals surface area contributed by atoms with E-state index < -0.39 is 28.8 Å². The Labute approximate surface area is 114 Å². The van der Waals surface area contributed by atoms with Crippen LogP contribution in [-0.4, -0.2) is 31.5 Å². The van der Waals surface area contributed by atoms with E-state index >= 15 is 0 Å². The third kappa shape index (κ3) is 4.16. The molecule has 0 saturated carbocycles. The third-order valence-electron chi connectivity index (χ3n) is 2.31. The molecule has 0 aliphatic carbocycles. The number of nitrogens with zero attached hydrogens (tertiary/aromatic N) is 1. The molecule has 0 atom stereocenters. The van der Waals surface area contributed by atoms with Crippen LogP contribution in [0.1, 0.15) is 18.7 Å². The molecular formula is C10H15F3N2O2S2. The van der Waals surface area contributed by atoms with E-state index in [1.54, 1.807) is 0 Å². The van der Waals surface area contributed by atoms with Crippen LogP contribution in [0.25, 0.3) is 0 Å². The first-order valence-corrected chi connectivity index (χ1v) is 7.71. The van der Waals surface area contributed by atoms with Crippen LogP contribution in [0.5, 0.6) is 0 Å². The highest BCUT2D eigenvalue weighted by molar-refractivity contribution is 7.91. The molecule has 9 heteroatoms. The highest BCUT2D eigenvalue weighted by Crippen LogP contribution is 2.28. The lowest BCUT2D eigenvalue weighted by Crippen LogP contribution is -2.42. The maximum absolute atomic E-state index is 12.5. The quantitative estimate of drug-likeness (QED) is 0.905. The molecule has 19 heavy (non-hydrogen) atoms. The maximum atomic E-state index is 12.5. The minimum atomic E-state index is -4.58. The zero-order chi connectivity index (χ0) is 14.8. The molecule has 4 nitrogen and oxygen atoms in total. The minimum Gasteiger partial charge on any atom is -0.326 e. The van der Waals surface area contributed by atoms with Crippen LogP contribution in [0.4, 0.5) is 13.2 Å². The Morgan fingerprint density at radius 1 is 1.37 bits per heavy atom. The van der Waals surface area contributed by atoms with Gasteiger partial charge < -0.3 is 5.73 Å². The van der Waals surface area contributed by atoms with Crippen molar-refractivity contribution >= 4 is 21.4 Å². The number of nitrogens with two attached hydrogens (primary N) is 1. The van der Waals surface area contributed by atoms with Crippen LogP contribution in [0.3, 0.4) is 0 Å². The number of halogens is 3. The number of alkyl halides is 3. The van der Waals surface area contributed by atoms with Gasteiger partial charge in [-0.15, -0.1) is 11.3 Å². The molecule has 0 bridgehead atoms. The van der Waals surface area contributed by atoms with Crippen molar-refractivity contribution in [1.82, 2.24) is 4.31 Å². The summed E-state index contributed by atoms with van der Waals surface area (Å²) < 4.78 is 62.1. The Bertz CT molecular complexity index is 523. The van der Waals surface area contributed by atoms with Crippen molar-refractivity contribution in [1.29, 1.82) is 0 Å². The summed E-state index contributed by atoms with van der Waals surface area (Å²) in [5, 5.41) is 0. The Morgan fingerprint density at radius 2 is 1.95 bits per heavy atom. The maximum Gasteiger partial charge on any atom is 0.402 e. The smallest absolute Gasteiger partial charge is 0.326 e. The first-order valence-electron chi connectivity index (χ1n) is 5.45. The monoisotopic (exact) mass is 316 g/mol. The molecule has 0 aromatic carbocycles. The topological polar surface area (TPSA) is 63.4 Å². The lowest BCUT2D eigenvalue weighted by molar-refractivity contribution is -0.138. The van der Waals surface area contributed by atoms with E-state index in [9.17, 15) is 21.6 Å². The largest absolute Gasteiger partial charge is 0.402 e. The van der Waals surface area contributed by atoms with Crippen molar-refractivity contribution in [2.75, 3.05) is 6.54 Å². The molecule has 2 N–H and O–H groups in total. The molecule has 0 aliphatic heterocycles. The van der Waals surface area contributed by atoms with Gasteiger partial charge in [0.05, 0.1) is 0 Å². The highest BCUT2D eigenvalue weighted by Gasteiger charge is 2.38. The van der Waals surface area contributed by atoms with Crippen molar-refractivity contribution in [3.05, 3.63) is 17.0 Å². The summed E-state index contributed by atoms with van der Waals surface area (Å²) in [6.45, 7) is 1.46. The molecule has 0 unspecified atom stereocenters. The first kappa shape index (κ1) is 16.4. The van der Waals surface area contributed by atoms with Gasteiger partial charge >= 0.3 is 6.18 Å². The first-order chi connectivity index (χ1) is 8.58. The summed E-state index contributed by atoms with van der Waals surface area (Å²) >= 11 is 0.890. The van der Waals surface area contributed by atoms with Gasteiger partial charge in [-0.3, -0.25) is 0 Å². The van der Waals surface area contributed by atoms with Crippen LogP contribution in [0.15, 0.2) is 16.3 Å². The molecule has 0 spiro atoms. The Hall–Kier alpha value is -0.640. The zero-order valence-electron chi connectivity index (χ0n) is 10.4. The Morgan fingerprint density at radius 3 is 2.32 bits per heavy atom. The number of hydrogen-bond donors (Lipinski definition) is 1. The van der Waals surface area contributed by atoms with Gasteiger partial charge in [-0.25, -0.2) is 8.42 Å². The van der Waals surface area contributed by atoms with Crippen LogP contribution in [0, 0.1) is 0 Å². The summed E-state index contributed by atoms with van der Waals surface area (Å²) in [4.78, 5) is 0.606. The fourth-order valence-corrected chi connectivity index (χ4v) is 4.43. The molecule has 0 aliphatic rings. The number of rotatable bonds is 5. The summed E-state index contributed by atoms with van der Waals surface area (Å²) in [5.74, 6) is 0. The van der Waals surface area contributed by atoms with Crippen LogP contribution >= 0.6 is 11.3 Å². The van der Waals surface area contributed by atoms with Crippen LogP contribution in [-0.2, 0) is 16.6 Å². The third-order valence-corrected chi connectivity index (χ3v) is 5.91. The molecule has 1 aromatic heterocycles. The van der Waals surface area contributed by atoms with Gasteiger partial charge in [0.15, 0.2) is 0 Å². The van der Waals surface area contributed by atoms with Crippen molar-refractivity contribution < 1.29 is 21.6 Å². The van der Waals surface area contributed by atoms with Gasteiger partial charge in [-0.1, -0.05) is 0 Å². The van der Waals surface area contributed by atoms with Gasteiger partial charge in [0.1, 0.15) is 10.8 Å². The average molecular weight is 316 g/mol. The van der Waals surface area contributed by atoms with E-state index in [1.165, 1.54) is 26.0 Å². The minimum absolute atomic E-state index is 0.120. The van der Waals surface area contributed by atoms with E-state index in [0.29, 0.717) is 9.18 Å².